The van der Waals surface area contributed by atoms with Crippen molar-refractivity contribution in [2.24, 2.45) is 0 Å². The lowest BCUT2D eigenvalue weighted by atomic mass is 9.94. The molecule has 3 rings (SSSR count). The van der Waals surface area contributed by atoms with Gasteiger partial charge in [-0.25, -0.2) is 23.4 Å². The number of nitrogens with zero attached hydrogens (tertiary/aromatic N) is 2. The van der Waals surface area contributed by atoms with Crippen LogP contribution in [0.2, 0.25) is 0 Å². The fourth-order valence-corrected chi connectivity index (χ4v) is 3.41. The second-order valence-electron chi connectivity index (χ2n) is 8.14. The summed E-state index contributed by atoms with van der Waals surface area (Å²) in [6.45, 7) is 5.70. The Morgan fingerprint density at radius 3 is 2.53 bits per heavy atom. The number of carboxylic acid groups (broad SMARTS) is 1. The molecule has 1 aliphatic heterocycles. The van der Waals surface area contributed by atoms with Crippen LogP contribution in [-0.2, 0) is 4.74 Å². The zero-order chi connectivity index (χ0) is 22.1. The Labute approximate surface area is 172 Å². The SMILES string of the molecule is CC(C)(C)OC(=O)NC1CN(c2ccc(C(=O)O)cn2)CC1c1cc(F)ccc1F. The maximum Gasteiger partial charge on any atom is 0.407 e. The Balaban J connectivity index is 1.88. The van der Waals surface area contributed by atoms with Crippen molar-refractivity contribution in [1.82, 2.24) is 10.3 Å². The van der Waals surface area contributed by atoms with Crippen LogP contribution >= 0.6 is 0 Å². The lowest BCUT2D eigenvalue weighted by Gasteiger charge is -2.24. The smallest absolute Gasteiger partial charge is 0.407 e. The van der Waals surface area contributed by atoms with E-state index in [1.165, 1.54) is 18.3 Å². The Hall–Kier alpha value is -3.23. The molecular weight excluding hydrogens is 396 g/mol. The van der Waals surface area contributed by atoms with E-state index in [0.29, 0.717) is 5.82 Å². The predicted octanol–water partition coefficient (Wildman–Crippen LogP) is 3.56. The first-order chi connectivity index (χ1) is 14.0. The molecule has 30 heavy (non-hydrogen) atoms. The van der Waals surface area contributed by atoms with Gasteiger partial charge in [-0.2, -0.15) is 0 Å². The minimum absolute atomic E-state index is 0.0362. The Bertz CT molecular complexity index is 944. The Kier molecular flexibility index (Phi) is 5.91. The standard InChI is InChI=1S/C21H23F2N3O4/c1-21(2,3)30-20(29)25-17-11-26(18-7-4-12(9-24-18)19(27)28)10-15(17)14-8-13(22)5-6-16(14)23/h4-9,15,17H,10-11H2,1-3H3,(H,25,29)(H,27,28). The maximum atomic E-state index is 14.5. The number of anilines is 1. The summed E-state index contributed by atoms with van der Waals surface area (Å²) in [5, 5.41) is 11.8. The number of carboxylic acids is 1. The summed E-state index contributed by atoms with van der Waals surface area (Å²) in [5.41, 5.74) is -0.536. The molecule has 0 saturated carbocycles. The van der Waals surface area contributed by atoms with Crippen molar-refractivity contribution in [3.05, 3.63) is 59.3 Å². The minimum Gasteiger partial charge on any atom is -0.478 e. The van der Waals surface area contributed by atoms with Gasteiger partial charge in [-0.3, -0.25) is 0 Å². The van der Waals surface area contributed by atoms with Crippen LogP contribution in [0, 0.1) is 11.6 Å². The number of carbonyl (C=O) groups excluding carboxylic acids is 1. The highest BCUT2D eigenvalue weighted by Gasteiger charge is 2.38. The van der Waals surface area contributed by atoms with E-state index in [2.05, 4.69) is 10.3 Å². The lowest BCUT2D eigenvalue weighted by molar-refractivity contribution is 0.0504. The first-order valence-electron chi connectivity index (χ1n) is 9.42. The van der Waals surface area contributed by atoms with Gasteiger partial charge < -0.3 is 20.1 Å². The normalized spacial score (nSPS) is 18.9. The van der Waals surface area contributed by atoms with Crippen LogP contribution in [0.15, 0.2) is 36.5 Å². The third-order valence-electron chi connectivity index (χ3n) is 4.70. The molecule has 0 radical (unpaired) electrons. The Morgan fingerprint density at radius 1 is 1.20 bits per heavy atom. The van der Waals surface area contributed by atoms with Gasteiger partial charge in [0.15, 0.2) is 0 Å². The summed E-state index contributed by atoms with van der Waals surface area (Å²) in [5.74, 6) is -2.35. The zero-order valence-corrected chi connectivity index (χ0v) is 16.9. The second-order valence-corrected chi connectivity index (χ2v) is 8.14. The molecule has 1 fully saturated rings. The van der Waals surface area contributed by atoms with Crippen LogP contribution in [0.4, 0.5) is 19.4 Å². The summed E-state index contributed by atoms with van der Waals surface area (Å²) < 4.78 is 33.6. The average Bonchev–Trinajstić information content (AvgIpc) is 3.05. The van der Waals surface area contributed by atoms with E-state index in [9.17, 15) is 18.4 Å². The molecule has 1 aromatic heterocycles. The number of ether oxygens (including phenoxy) is 1. The van der Waals surface area contributed by atoms with Crippen molar-refractivity contribution >= 4 is 17.9 Å². The molecule has 1 aliphatic rings. The van der Waals surface area contributed by atoms with E-state index >= 15 is 0 Å². The van der Waals surface area contributed by atoms with E-state index < -0.39 is 41.3 Å². The summed E-state index contributed by atoms with van der Waals surface area (Å²) in [7, 11) is 0. The molecule has 1 amide bonds. The quantitative estimate of drug-likeness (QED) is 0.788. The number of carbonyl (C=O) groups is 2. The van der Waals surface area contributed by atoms with Crippen LogP contribution in [0.5, 0.6) is 0 Å². The molecule has 2 atom stereocenters. The van der Waals surface area contributed by atoms with Crippen molar-refractivity contribution < 1.29 is 28.2 Å². The molecule has 160 valence electrons. The van der Waals surface area contributed by atoms with E-state index in [4.69, 9.17) is 9.84 Å². The number of hydrogen-bond donors (Lipinski definition) is 2. The molecule has 2 unspecified atom stereocenters. The van der Waals surface area contributed by atoms with E-state index in [-0.39, 0.29) is 24.2 Å². The largest absolute Gasteiger partial charge is 0.478 e. The number of alkyl carbamates (subject to hydrolysis) is 1. The molecule has 2 heterocycles. The zero-order valence-electron chi connectivity index (χ0n) is 16.9. The van der Waals surface area contributed by atoms with Gasteiger partial charge in [0.05, 0.1) is 11.6 Å². The fraction of sp³-hybridized carbons (Fsp3) is 0.381. The number of aromatic carboxylic acids is 1. The first kappa shape index (κ1) is 21.5. The number of halogens is 2. The van der Waals surface area contributed by atoms with E-state index in [0.717, 1.165) is 18.2 Å². The average molecular weight is 419 g/mol. The van der Waals surface area contributed by atoms with Crippen LogP contribution in [0.1, 0.15) is 42.6 Å². The monoisotopic (exact) mass is 419 g/mol. The molecule has 0 bridgehead atoms. The summed E-state index contributed by atoms with van der Waals surface area (Å²) in [6.07, 6.45) is 0.565. The second kappa shape index (κ2) is 8.25. The molecule has 9 heteroatoms. The number of hydrogen-bond acceptors (Lipinski definition) is 5. The van der Waals surface area contributed by atoms with Crippen LogP contribution < -0.4 is 10.2 Å². The van der Waals surface area contributed by atoms with Gasteiger partial charge in [0.1, 0.15) is 23.1 Å². The number of benzene rings is 1. The van der Waals surface area contributed by atoms with Gasteiger partial charge in [-0.05, 0) is 56.7 Å². The summed E-state index contributed by atoms with van der Waals surface area (Å²) in [4.78, 5) is 29.3. The van der Waals surface area contributed by atoms with Crippen molar-refractivity contribution in [3.8, 4) is 0 Å². The number of pyridine rings is 1. The molecule has 0 aliphatic carbocycles. The van der Waals surface area contributed by atoms with Crippen LogP contribution in [0.25, 0.3) is 0 Å². The molecule has 2 N–H and O–H groups in total. The number of aromatic nitrogens is 1. The van der Waals surface area contributed by atoms with Gasteiger partial charge in [0.2, 0.25) is 0 Å². The van der Waals surface area contributed by atoms with Gasteiger partial charge in [0, 0.05) is 25.2 Å². The molecular formula is C21H23F2N3O4. The van der Waals surface area contributed by atoms with Crippen molar-refractivity contribution in [2.45, 2.75) is 38.3 Å². The van der Waals surface area contributed by atoms with Gasteiger partial charge >= 0.3 is 12.1 Å². The highest BCUT2D eigenvalue weighted by molar-refractivity contribution is 5.87. The van der Waals surface area contributed by atoms with Gasteiger partial charge in [-0.15, -0.1) is 0 Å². The highest BCUT2D eigenvalue weighted by Crippen LogP contribution is 2.32. The third kappa shape index (κ3) is 5.03. The first-order valence-corrected chi connectivity index (χ1v) is 9.42. The molecule has 0 spiro atoms. The van der Waals surface area contributed by atoms with Crippen LogP contribution in [0.3, 0.4) is 0 Å². The summed E-state index contributed by atoms with van der Waals surface area (Å²) in [6, 6.07) is 5.59. The van der Waals surface area contributed by atoms with Crippen molar-refractivity contribution in [2.75, 3.05) is 18.0 Å². The summed E-state index contributed by atoms with van der Waals surface area (Å²) >= 11 is 0. The number of rotatable bonds is 4. The van der Waals surface area contributed by atoms with Crippen molar-refractivity contribution in [3.63, 3.8) is 0 Å². The number of nitrogens with one attached hydrogen (secondary N) is 1. The number of amides is 1. The third-order valence-corrected chi connectivity index (χ3v) is 4.70. The maximum absolute atomic E-state index is 14.5. The molecule has 1 saturated heterocycles. The minimum atomic E-state index is -1.10. The molecule has 7 nitrogen and oxygen atoms in total. The fourth-order valence-electron chi connectivity index (χ4n) is 3.41. The molecule has 2 aromatic rings. The topological polar surface area (TPSA) is 91.8 Å². The van der Waals surface area contributed by atoms with Gasteiger partial charge in [0.25, 0.3) is 0 Å². The predicted molar refractivity (Wildman–Crippen MR) is 106 cm³/mol. The van der Waals surface area contributed by atoms with Gasteiger partial charge in [-0.1, -0.05) is 0 Å². The van der Waals surface area contributed by atoms with Crippen LogP contribution in [-0.4, -0.2) is 46.9 Å². The molecule has 1 aromatic carbocycles. The van der Waals surface area contributed by atoms with E-state index in [1.807, 2.05) is 0 Å². The Morgan fingerprint density at radius 2 is 1.93 bits per heavy atom. The van der Waals surface area contributed by atoms with E-state index in [1.54, 1.807) is 25.7 Å². The van der Waals surface area contributed by atoms with Crippen molar-refractivity contribution in [1.29, 1.82) is 0 Å². The lowest BCUT2D eigenvalue weighted by Crippen LogP contribution is -2.43. The highest BCUT2D eigenvalue weighted by atomic mass is 19.1.